The summed E-state index contributed by atoms with van der Waals surface area (Å²) in [5.74, 6) is -0.416. The van der Waals surface area contributed by atoms with Crippen LogP contribution in [0.2, 0.25) is 0 Å². The Kier molecular flexibility index (Phi) is 5.33. The molecule has 5 nitrogen and oxygen atoms in total. The molecule has 114 valence electrons. The molecule has 21 heavy (non-hydrogen) atoms. The fourth-order valence-corrected chi connectivity index (χ4v) is 2.82. The highest BCUT2D eigenvalue weighted by Crippen LogP contribution is 2.27. The Labute approximate surface area is 124 Å². The van der Waals surface area contributed by atoms with E-state index in [2.05, 4.69) is 5.32 Å². The Morgan fingerprint density at radius 1 is 1.33 bits per heavy atom. The normalized spacial score (nSPS) is 22.6. The first-order chi connectivity index (χ1) is 10.1. The van der Waals surface area contributed by atoms with Gasteiger partial charge in [-0.15, -0.1) is 0 Å². The SMILES string of the molecule is COC(=O)C(NC(=O)C[C@@H]1CCC[C@H]1N)c1ccccc1. The van der Waals surface area contributed by atoms with Gasteiger partial charge in [-0.3, -0.25) is 4.79 Å². The Morgan fingerprint density at radius 3 is 2.62 bits per heavy atom. The molecule has 1 saturated carbocycles. The predicted octanol–water partition coefficient (Wildman–Crippen LogP) is 1.53. The molecule has 0 saturated heterocycles. The number of nitrogens with two attached hydrogens (primary N) is 1. The van der Waals surface area contributed by atoms with E-state index in [4.69, 9.17) is 10.5 Å². The first-order valence-electron chi connectivity index (χ1n) is 7.29. The summed E-state index contributed by atoms with van der Waals surface area (Å²) in [6.07, 6.45) is 3.37. The first kappa shape index (κ1) is 15.5. The van der Waals surface area contributed by atoms with Crippen LogP contribution < -0.4 is 11.1 Å². The van der Waals surface area contributed by atoms with E-state index in [1.165, 1.54) is 7.11 Å². The summed E-state index contributed by atoms with van der Waals surface area (Å²) in [6, 6.07) is 8.42. The molecule has 1 aliphatic rings. The average molecular weight is 290 g/mol. The molecule has 0 spiro atoms. The van der Waals surface area contributed by atoms with Crippen LogP contribution in [0.3, 0.4) is 0 Å². The van der Waals surface area contributed by atoms with Crippen LogP contribution in [-0.4, -0.2) is 25.0 Å². The van der Waals surface area contributed by atoms with Crippen LogP contribution in [0.5, 0.6) is 0 Å². The van der Waals surface area contributed by atoms with E-state index < -0.39 is 12.0 Å². The van der Waals surface area contributed by atoms with E-state index in [0.717, 1.165) is 19.3 Å². The lowest BCUT2D eigenvalue weighted by molar-refractivity contribution is -0.145. The lowest BCUT2D eigenvalue weighted by Crippen LogP contribution is -2.37. The van der Waals surface area contributed by atoms with Gasteiger partial charge >= 0.3 is 5.97 Å². The highest BCUT2D eigenvalue weighted by Gasteiger charge is 2.29. The van der Waals surface area contributed by atoms with Crippen molar-refractivity contribution in [3.8, 4) is 0 Å². The molecule has 1 aromatic rings. The van der Waals surface area contributed by atoms with Crippen LogP contribution >= 0.6 is 0 Å². The summed E-state index contributed by atoms with van der Waals surface area (Å²) in [4.78, 5) is 24.1. The number of benzene rings is 1. The highest BCUT2D eigenvalue weighted by atomic mass is 16.5. The number of nitrogens with one attached hydrogen (secondary N) is 1. The Balaban J connectivity index is 2.01. The third kappa shape index (κ3) is 4.04. The molecule has 2 rings (SSSR count). The van der Waals surface area contributed by atoms with Crippen molar-refractivity contribution in [2.24, 2.45) is 11.7 Å². The fraction of sp³-hybridized carbons (Fsp3) is 0.500. The quantitative estimate of drug-likeness (QED) is 0.806. The number of ether oxygens (including phenoxy) is 1. The summed E-state index contributed by atoms with van der Waals surface area (Å²) in [5.41, 5.74) is 6.70. The molecule has 1 aromatic carbocycles. The van der Waals surface area contributed by atoms with Crippen LogP contribution in [0, 0.1) is 5.92 Å². The van der Waals surface area contributed by atoms with Crippen LogP contribution in [-0.2, 0) is 14.3 Å². The molecule has 1 amide bonds. The topological polar surface area (TPSA) is 81.4 Å². The second kappa shape index (κ2) is 7.22. The average Bonchev–Trinajstić information content (AvgIpc) is 2.90. The molecule has 0 radical (unpaired) electrons. The van der Waals surface area contributed by atoms with E-state index in [1.807, 2.05) is 18.2 Å². The van der Waals surface area contributed by atoms with E-state index in [9.17, 15) is 9.59 Å². The molecular formula is C16H22N2O3. The lowest BCUT2D eigenvalue weighted by atomic mass is 9.99. The number of hydrogen-bond acceptors (Lipinski definition) is 4. The minimum Gasteiger partial charge on any atom is -0.467 e. The summed E-state index contributed by atoms with van der Waals surface area (Å²) in [5, 5.41) is 2.76. The van der Waals surface area contributed by atoms with Crippen molar-refractivity contribution < 1.29 is 14.3 Å². The fourth-order valence-electron chi connectivity index (χ4n) is 2.82. The Morgan fingerprint density at radius 2 is 2.05 bits per heavy atom. The van der Waals surface area contributed by atoms with Gasteiger partial charge in [-0.2, -0.15) is 0 Å². The molecule has 5 heteroatoms. The molecular weight excluding hydrogens is 268 g/mol. The molecule has 3 atom stereocenters. The number of rotatable bonds is 5. The summed E-state index contributed by atoms with van der Waals surface area (Å²) < 4.78 is 4.78. The number of hydrogen-bond donors (Lipinski definition) is 2. The van der Waals surface area contributed by atoms with Gasteiger partial charge in [0, 0.05) is 12.5 Å². The van der Waals surface area contributed by atoms with Crippen LogP contribution in [0.4, 0.5) is 0 Å². The van der Waals surface area contributed by atoms with E-state index in [0.29, 0.717) is 12.0 Å². The zero-order chi connectivity index (χ0) is 15.2. The highest BCUT2D eigenvalue weighted by molar-refractivity contribution is 5.85. The van der Waals surface area contributed by atoms with Gasteiger partial charge in [-0.05, 0) is 24.3 Å². The van der Waals surface area contributed by atoms with Crippen LogP contribution in [0.15, 0.2) is 30.3 Å². The monoisotopic (exact) mass is 290 g/mol. The largest absolute Gasteiger partial charge is 0.467 e. The Bertz CT molecular complexity index is 490. The maximum Gasteiger partial charge on any atom is 0.333 e. The smallest absolute Gasteiger partial charge is 0.333 e. The molecule has 1 fully saturated rings. The van der Waals surface area contributed by atoms with Crippen LogP contribution in [0.25, 0.3) is 0 Å². The molecule has 0 heterocycles. The lowest BCUT2D eigenvalue weighted by Gasteiger charge is -2.19. The molecule has 1 unspecified atom stereocenters. The minimum atomic E-state index is -0.763. The van der Waals surface area contributed by atoms with Gasteiger partial charge in [0.1, 0.15) is 0 Å². The van der Waals surface area contributed by atoms with Crippen molar-refractivity contribution in [1.82, 2.24) is 5.32 Å². The Hall–Kier alpha value is -1.88. The van der Waals surface area contributed by atoms with Gasteiger partial charge in [0.15, 0.2) is 6.04 Å². The van der Waals surface area contributed by atoms with Crippen molar-refractivity contribution in [3.63, 3.8) is 0 Å². The standard InChI is InChI=1S/C16H22N2O3/c1-21-16(20)15(11-6-3-2-4-7-11)18-14(19)10-12-8-5-9-13(12)17/h2-4,6-7,12-13,15H,5,8-10,17H2,1H3,(H,18,19)/t12-,13+,15?/m0/s1. The van der Waals surface area contributed by atoms with E-state index in [-0.39, 0.29) is 17.9 Å². The second-order valence-corrected chi connectivity index (χ2v) is 5.49. The van der Waals surface area contributed by atoms with E-state index >= 15 is 0 Å². The van der Waals surface area contributed by atoms with Crippen LogP contribution in [0.1, 0.15) is 37.3 Å². The number of carbonyl (C=O) groups is 2. The second-order valence-electron chi connectivity index (χ2n) is 5.49. The molecule has 3 N–H and O–H groups in total. The zero-order valence-electron chi connectivity index (χ0n) is 12.2. The van der Waals surface area contributed by atoms with Crippen molar-refractivity contribution in [2.45, 2.75) is 37.8 Å². The van der Waals surface area contributed by atoms with Gasteiger partial charge in [0.2, 0.25) is 5.91 Å². The minimum absolute atomic E-state index is 0.0871. The third-order valence-electron chi connectivity index (χ3n) is 4.04. The predicted molar refractivity (Wildman–Crippen MR) is 79.3 cm³/mol. The van der Waals surface area contributed by atoms with E-state index in [1.54, 1.807) is 12.1 Å². The summed E-state index contributed by atoms with van der Waals surface area (Å²) >= 11 is 0. The number of amides is 1. The molecule has 0 bridgehead atoms. The number of methoxy groups -OCH3 is 1. The summed E-state index contributed by atoms with van der Waals surface area (Å²) in [7, 11) is 1.32. The number of esters is 1. The van der Waals surface area contributed by atoms with Gasteiger partial charge in [-0.1, -0.05) is 36.8 Å². The van der Waals surface area contributed by atoms with Gasteiger partial charge in [-0.25, -0.2) is 4.79 Å². The summed E-state index contributed by atoms with van der Waals surface area (Å²) in [6.45, 7) is 0. The zero-order valence-corrected chi connectivity index (χ0v) is 12.2. The maximum atomic E-state index is 12.2. The van der Waals surface area contributed by atoms with Gasteiger partial charge in [0.25, 0.3) is 0 Å². The molecule has 1 aliphatic carbocycles. The van der Waals surface area contributed by atoms with Crippen molar-refractivity contribution in [3.05, 3.63) is 35.9 Å². The number of carbonyl (C=O) groups excluding carboxylic acids is 2. The van der Waals surface area contributed by atoms with Gasteiger partial charge in [0.05, 0.1) is 7.11 Å². The van der Waals surface area contributed by atoms with Crippen molar-refractivity contribution in [2.75, 3.05) is 7.11 Å². The first-order valence-corrected chi connectivity index (χ1v) is 7.29. The van der Waals surface area contributed by atoms with Gasteiger partial charge < -0.3 is 15.8 Å². The molecule has 0 aliphatic heterocycles. The van der Waals surface area contributed by atoms with Crippen molar-refractivity contribution >= 4 is 11.9 Å². The maximum absolute atomic E-state index is 12.2. The third-order valence-corrected chi connectivity index (χ3v) is 4.04. The molecule has 0 aromatic heterocycles. The van der Waals surface area contributed by atoms with Crippen molar-refractivity contribution in [1.29, 1.82) is 0 Å².